The average Bonchev–Trinajstić information content (AvgIpc) is 3.50. The molecule has 1 aliphatic rings. The molecule has 3 aromatic rings. The number of hydrogen-bond donors (Lipinski definition) is 2. The molecule has 2 N–H and O–H groups in total. The van der Waals surface area contributed by atoms with Crippen molar-refractivity contribution < 1.29 is 62.5 Å². The third-order valence-corrected chi connectivity index (χ3v) is 9.76. The van der Waals surface area contributed by atoms with E-state index in [1.807, 2.05) is 55.7 Å². The van der Waals surface area contributed by atoms with Crippen LogP contribution in [0.1, 0.15) is 64.5 Å². The van der Waals surface area contributed by atoms with Crippen molar-refractivity contribution in [2.24, 2.45) is 0 Å². The van der Waals surface area contributed by atoms with Crippen LogP contribution < -0.4 is 34.7 Å². The second-order valence-electron chi connectivity index (χ2n) is 11.1. The Hall–Kier alpha value is -2.05. The third-order valence-electron chi connectivity index (χ3n) is 7.68. The maximum Gasteiger partial charge on any atom is 1.00 e. The molecule has 1 unspecified atom stereocenters. The minimum absolute atomic E-state index is 0. The number of carboxylic acids is 1. The number of rotatable bonds is 12. The smallest absolute Gasteiger partial charge is 0.550 e. The molecule has 0 saturated carbocycles. The molecular formula is C31H38FN2NaO6S. The van der Waals surface area contributed by atoms with E-state index in [0.717, 1.165) is 12.8 Å². The molecule has 0 radical (unpaired) electrons. The number of carbonyl (C=O) groups is 1. The van der Waals surface area contributed by atoms with E-state index in [1.54, 1.807) is 16.4 Å². The minimum atomic E-state index is -3.97. The van der Waals surface area contributed by atoms with Gasteiger partial charge in [-0.15, -0.1) is 0 Å². The van der Waals surface area contributed by atoms with E-state index in [9.17, 15) is 32.9 Å². The summed E-state index contributed by atoms with van der Waals surface area (Å²) >= 11 is 0. The maximum atomic E-state index is 14.5. The van der Waals surface area contributed by atoms with Crippen LogP contribution in [0.3, 0.4) is 0 Å². The first-order valence-corrected chi connectivity index (χ1v) is 15.5. The van der Waals surface area contributed by atoms with Crippen LogP contribution in [0.25, 0.3) is 22.4 Å². The summed E-state index contributed by atoms with van der Waals surface area (Å²) in [5.74, 6) is -2.07. The monoisotopic (exact) mass is 608 g/mol. The Morgan fingerprint density at radius 1 is 1.05 bits per heavy atom. The number of benzene rings is 2. The number of carbonyl (C=O) groups excluding carboxylic acids is 1. The molecule has 42 heavy (non-hydrogen) atoms. The number of hydrogen-bond acceptors (Lipinski definition) is 6. The van der Waals surface area contributed by atoms with Gasteiger partial charge in [-0.2, -0.15) is 4.31 Å². The van der Waals surface area contributed by atoms with Crippen molar-refractivity contribution in [1.29, 1.82) is 0 Å². The summed E-state index contributed by atoms with van der Waals surface area (Å²) < 4.78 is 46.5. The number of aliphatic hydroxyl groups excluding tert-OH is 2. The first-order valence-electron chi connectivity index (χ1n) is 14.1. The first kappa shape index (κ1) is 34.4. The summed E-state index contributed by atoms with van der Waals surface area (Å²) in [5, 5.41) is 31.6. The molecule has 1 aromatic heterocycles. The van der Waals surface area contributed by atoms with Crippen molar-refractivity contribution in [1.82, 2.24) is 8.87 Å². The van der Waals surface area contributed by atoms with Crippen LogP contribution >= 0.6 is 0 Å². The van der Waals surface area contributed by atoms with Gasteiger partial charge < -0.3 is 24.7 Å². The molecule has 1 aliphatic heterocycles. The van der Waals surface area contributed by atoms with Gasteiger partial charge in [0.05, 0.1) is 17.9 Å². The molecular weight excluding hydrogens is 570 g/mol. The molecule has 0 amide bonds. The van der Waals surface area contributed by atoms with Gasteiger partial charge in [0.2, 0.25) is 10.0 Å². The SMILES string of the molecule is CC(C)c1c(S(=O)(=O)N2CCCC2C)c(-c2ccccc2)c(-c2ccc(F)cc2)n1CC[C@@H](O)C[C@@H](O)CC(=O)[O-].[Na+]. The van der Waals surface area contributed by atoms with Crippen LogP contribution in [0.5, 0.6) is 0 Å². The Bertz CT molecular complexity index is 1460. The van der Waals surface area contributed by atoms with E-state index in [1.165, 1.54) is 12.1 Å². The van der Waals surface area contributed by atoms with Crippen molar-refractivity contribution in [3.05, 3.63) is 66.1 Å². The van der Waals surface area contributed by atoms with Crippen LogP contribution in [0.15, 0.2) is 59.5 Å². The Morgan fingerprint density at radius 2 is 1.69 bits per heavy atom. The van der Waals surface area contributed by atoms with E-state index in [0.29, 0.717) is 34.6 Å². The van der Waals surface area contributed by atoms with Crippen molar-refractivity contribution in [3.63, 3.8) is 0 Å². The molecule has 2 aromatic carbocycles. The number of nitrogens with zero attached hydrogens (tertiary/aromatic N) is 2. The number of halogens is 1. The molecule has 4 rings (SSSR count). The number of aliphatic carboxylic acids is 1. The molecule has 0 aliphatic carbocycles. The minimum Gasteiger partial charge on any atom is -0.550 e. The summed E-state index contributed by atoms with van der Waals surface area (Å²) in [4.78, 5) is 11.1. The number of aliphatic hydroxyl groups is 2. The van der Waals surface area contributed by atoms with Gasteiger partial charge in [0, 0.05) is 42.8 Å². The normalized spacial score (nSPS) is 17.3. The van der Waals surface area contributed by atoms with Crippen LogP contribution in [0.2, 0.25) is 0 Å². The fourth-order valence-corrected chi connectivity index (χ4v) is 8.09. The van der Waals surface area contributed by atoms with Gasteiger partial charge in [-0.05, 0) is 73.9 Å². The molecule has 2 heterocycles. The van der Waals surface area contributed by atoms with Crippen LogP contribution in [0.4, 0.5) is 4.39 Å². The first-order chi connectivity index (χ1) is 19.4. The fourth-order valence-electron chi connectivity index (χ4n) is 5.83. The fraction of sp³-hybridized carbons (Fsp3) is 0.452. The number of carboxylic acid groups (broad SMARTS) is 1. The second-order valence-corrected chi connectivity index (χ2v) is 13.0. The van der Waals surface area contributed by atoms with Crippen LogP contribution in [-0.2, 0) is 21.4 Å². The van der Waals surface area contributed by atoms with Crippen molar-refractivity contribution >= 4 is 16.0 Å². The predicted molar refractivity (Wildman–Crippen MR) is 153 cm³/mol. The number of aromatic nitrogens is 1. The molecule has 1 fully saturated rings. The van der Waals surface area contributed by atoms with E-state index in [-0.39, 0.29) is 65.8 Å². The van der Waals surface area contributed by atoms with Gasteiger partial charge in [-0.3, -0.25) is 0 Å². The Morgan fingerprint density at radius 3 is 2.24 bits per heavy atom. The van der Waals surface area contributed by atoms with Crippen LogP contribution in [0, 0.1) is 5.82 Å². The van der Waals surface area contributed by atoms with Gasteiger partial charge in [0.15, 0.2) is 0 Å². The Kier molecular flexibility index (Phi) is 12.0. The molecule has 222 valence electrons. The van der Waals surface area contributed by atoms with E-state index >= 15 is 0 Å². The van der Waals surface area contributed by atoms with Crippen molar-refractivity contribution in [3.8, 4) is 22.4 Å². The Labute approximate surface area is 269 Å². The summed E-state index contributed by atoms with van der Waals surface area (Å²) in [7, 11) is -3.97. The number of sulfonamides is 1. The van der Waals surface area contributed by atoms with Gasteiger partial charge in [0.25, 0.3) is 0 Å². The summed E-state index contributed by atoms with van der Waals surface area (Å²) in [6.45, 7) is 6.35. The summed E-state index contributed by atoms with van der Waals surface area (Å²) in [5.41, 5.74) is 3.00. The zero-order valence-corrected chi connectivity index (χ0v) is 27.5. The molecule has 8 nitrogen and oxygen atoms in total. The molecule has 3 atom stereocenters. The molecule has 11 heteroatoms. The van der Waals surface area contributed by atoms with Crippen molar-refractivity contribution in [2.75, 3.05) is 6.54 Å². The molecule has 1 saturated heterocycles. The third kappa shape index (κ3) is 7.53. The predicted octanol–water partition coefficient (Wildman–Crippen LogP) is 0.904. The van der Waals surface area contributed by atoms with Crippen LogP contribution in [-0.4, -0.2) is 58.3 Å². The second kappa shape index (κ2) is 14.6. The molecule has 0 spiro atoms. The standard InChI is InChI=1S/C31H39FN2O6S.Na/c1-20(2)29-31(41(39,40)34-16-7-8-21(34)3)28(22-9-5-4-6-10-22)30(23-11-13-24(32)14-12-23)33(29)17-15-25(35)18-26(36)19-27(37)38;/h4-6,9-14,20-21,25-26,35-36H,7-8,15-19H2,1-3H3,(H,37,38);/q;+1/p-1/t21?,25-,26-;/m1./s1. The summed E-state index contributed by atoms with van der Waals surface area (Å²) in [6, 6.07) is 15.0. The van der Waals surface area contributed by atoms with E-state index in [4.69, 9.17) is 0 Å². The summed E-state index contributed by atoms with van der Waals surface area (Å²) in [6.07, 6.45) is -1.42. The van der Waals surface area contributed by atoms with Crippen molar-refractivity contribution in [2.45, 2.75) is 88.5 Å². The van der Waals surface area contributed by atoms with E-state index < -0.39 is 40.4 Å². The zero-order valence-electron chi connectivity index (χ0n) is 24.7. The molecule has 0 bridgehead atoms. The quantitative estimate of drug-likeness (QED) is 0.295. The zero-order chi connectivity index (χ0) is 29.9. The van der Waals surface area contributed by atoms with Gasteiger partial charge in [0.1, 0.15) is 10.7 Å². The largest absolute Gasteiger partial charge is 1.00 e. The average molecular weight is 609 g/mol. The topological polar surface area (TPSA) is 123 Å². The Balaban J connectivity index is 0.00000484. The van der Waals surface area contributed by atoms with Gasteiger partial charge in [-0.25, -0.2) is 12.8 Å². The maximum absolute atomic E-state index is 14.5. The van der Waals surface area contributed by atoms with E-state index in [2.05, 4.69) is 0 Å². The van der Waals surface area contributed by atoms with Gasteiger partial charge >= 0.3 is 29.6 Å². The van der Waals surface area contributed by atoms with Gasteiger partial charge in [-0.1, -0.05) is 44.2 Å².